The molecule has 3 rings (SSSR count). The molecule has 0 radical (unpaired) electrons. The van der Waals surface area contributed by atoms with Crippen molar-refractivity contribution in [1.82, 2.24) is 10.2 Å². The van der Waals surface area contributed by atoms with Crippen LogP contribution in [0.2, 0.25) is 0 Å². The molecule has 1 aromatic rings. The average Bonchev–Trinajstić information content (AvgIpc) is 3.19. The summed E-state index contributed by atoms with van der Waals surface area (Å²) < 4.78 is 11.6. The van der Waals surface area contributed by atoms with Crippen molar-refractivity contribution in [3.05, 3.63) is 23.7 Å². The Morgan fingerprint density at radius 2 is 1.95 bits per heavy atom. The molecule has 1 saturated carbocycles. The second-order valence-electron chi connectivity index (χ2n) is 5.95. The van der Waals surface area contributed by atoms with Gasteiger partial charge in [0.05, 0.1) is 19.2 Å². The van der Waals surface area contributed by atoms with Crippen molar-refractivity contribution in [1.29, 1.82) is 0 Å². The number of nitrogens with zero attached hydrogens (tertiary/aromatic N) is 1. The van der Waals surface area contributed by atoms with Crippen LogP contribution < -0.4 is 5.32 Å². The summed E-state index contributed by atoms with van der Waals surface area (Å²) in [5.74, 6) is 2.16. The molecule has 4 heteroatoms. The van der Waals surface area contributed by atoms with E-state index in [9.17, 15) is 0 Å². The molecule has 4 nitrogen and oxygen atoms in total. The number of rotatable bonds is 7. The van der Waals surface area contributed by atoms with E-state index < -0.39 is 0 Å². The van der Waals surface area contributed by atoms with Gasteiger partial charge in [0, 0.05) is 25.7 Å². The van der Waals surface area contributed by atoms with Crippen LogP contribution in [0.15, 0.2) is 16.5 Å². The van der Waals surface area contributed by atoms with Crippen molar-refractivity contribution in [2.24, 2.45) is 0 Å². The Labute approximate surface area is 121 Å². The van der Waals surface area contributed by atoms with Crippen LogP contribution in [-0.4, -0.2) is 36.7 Å². The third kappa shape index (κ3) is 4.08. The fourth-order valence-electron chi connectivity index (χ4n) is 2.82. The van der Waals surface area contributed by atoms with Crippen LogP contribution in [0.3, 0.4) is 0 Å². The minimum atomic E-state index is 0.464. The Morgan fingerprint density at radius 1 is 1.20 bits per heavy atom. The number of piperidine rings is 1. The summed E-state index contributed by atoms with van der Waals surface area (Å²) in [5, 5.41) is 3.49. The lowest BCUT2D eigenvalue weighted by Crippen LogP contribution is -2.36. The summed E-state index contributed by atoms with van der Waals surface area (Å²) in [5.41, 5.74) is 0. The highest BCUT2D eigenvalue weighted by Crippen LogP contribution is 2.20. The third-order valence-corrected chi connectivity index (χ3v) is 4.18. The van der Waals surface area contributed by atoms with Crippen molar-refractivity contribution < 1.29 is 9.15 Å². The van der Waals surface area contributed by atoms with Crippen molar-refractivity contribution >= 4 is 0 Å². The zero-order valence-electron chi connectivity index (χ0n) is 12.4. The van der Waals surface area contributed by atoms with E-state index in [1.807, 2.05) is 0 Å². The van der Waals surface area contributed by atoms with Gasteiger partial charge in [0.2, 0.25) is 0 Å². The van der Waals surface area contributed by atoms with Crippen LogP contribution in [0.4, 0.5) is 0 Å². The highest BCUT2D eigenvalue weighted by atomic mass is 16.5. The summed E-state index contributed by atoms with van der Waals surface area (Å²) >= 11 is 0. The Balaban J connectivity index is 1.41. The van der Waals surface area contributed by atoms with Gasteiger partial charge in [0.25, 0.3) is 0 Å². The second-order valence-corrected chi connectivity index (χ2v) is 5.95. The first-order valence-corrected chi connectivity index (χ1v) is 7.98. The third-order valence-electron chi connectivity index (χ3n) is 4.18. The zero-order chi connectivity index (χ0) is 13.8. The van der Waals surface area contributed by atoms with E-state index in [0.717, 1.165) is 63.2 Å². The lowest BCUT2D eigenvalue weighted by Gasteiger charge is -2.31. The quantitative estimate of drug-likeness (QED) is 0.831. The van der Waals surface area contributed by atoms with Gasteiger partial charge in [-0.2, -0.15) is 0 Å². The van der Waals surface area contributed by atoms with Gasteiger partial charge in [-0.05, 0) is 44.7 Å². The number of hydrogen-bond donors (Lipinski definition) is 1. The summed E-state index contributed by atoms with van der Waals surface area (Å²) in [7, 11) is 0. The minimum absolute atomic E-state index is 0.464. The maximum absolute atomic E-state index is 5.90. The smallest absolute Gasteiger partial charge is 0.118 e. The fraction of sp³-hybridized carbons (Fsp3) is 0.750. The molecule has 1 saturated heterocycles. The van der Waals surface area contributed by atoms with Crippen molar-refractivity contribution in [3.8, 4) is 0 Å². The first kappa shape index (κ1) is 14.1. The van der Waals surface area contributed by atoms with E-state index in [1.54, 1.807) is 0 Å². The van der Waals surface area contributed by atoms with Crippen LogP contribution in [0.5, 0.6) is 0 Å². The van der Waals surface area contributed by atoms with E-state index in [2.05, 4.69) is 29.3 Å². The second kappa shape index (κ2) is 6.74. The Hall–Kier alpha value is -0.840. The maximum Gasteiger partial charge on any atom is 0.118 e. The van der Waals surface area contributed by atoms with Gasteiger partial charge in [0.15, 0.2) is 0 Å². The SMILES string of the molecule is CCOC1CCN(Cc2ccc(CNC3CC3)o2)CC1. The topological polar surface area (TPSA) is 37.6 Å². The largest absolute Gasteiger partial charge is 0.463 e. The van der Waals surface area contributed by atoms with Gasteiger partial charge in [-0.25, -0.2) is 0 Å². The summed E-state index contributed by atoms with van der Waals surface area (Å²) in [6, 6.07) is 4.97. The monoisotopic (exact) mass is 278 g/mol. The summed E-state index contributed by atoms with van der Waals surface area (Å²) in [6.07, 6.45) is 5.39. The highest BCUT2D eigenvalue weighted by molar-refractivity contribution is 5.07. The molecule has 1 N–H and O–H groups in total. The molecule has 0 bridgehead atoms. The van der Waals surface area contributed by atoms with E-state index in [-0.39, 0.29) is 0 Å². The van der Waals surface area contributed by atoms with E-state index in [4.69, 9.17) is 9.15 Å². The number of likely N-dealkylation sites (tertiary alicyclic amines) is 1. The lowest BCUT2D eigenvalue weighted by molar-refractivity contribution is 0.0111. The minimum Gasteiger partial charge on any atom is -0.463 e. The molecular weight excluding hydrogens is 252 g/mol. The molecule has 0 spiro atoms. The average molecular weight is 278 g/mol. The standard InChI is InChI=1S/C16H26N2O2/c1-2-19-14-7-9-18(10-8-14)12-16-6-5-15(20-16)11-17-13-3-4-13/h5-6,13-14,17H,2-4,7-12H2,1H3. The van der Waals surface area contributed by atoms with Crippen LogP contribution >= 0.6 is 0 Å². The highest BCUT2D eigenvalue weighted by Gasteiger charge is 2.21. The van der Waals surface area contributed by atoms with Crippen molar-refractivity contribution in [2.45, 2.75) is 57.8 Å². The molecule has 0 aromatic carbocycles. The molecule has 0 unspecified atom stereocenters. The van der Waals surface area contributed by atoms with Crippen molar-refractivity contribution in [3.63, 3.8) is 0 Å². The first-order valence-electron chi connectivity index (χ1n) is 7.98. The normalized spacial score (nSPS) is 21.4. The molecule has 2 fully saturated rings. The van der Waals surface area contributed by atoms with E-state index >= 15 is 0 Å². The van der Waals surface area contributed by atoms with Gasteiger partial charge >= 0.3 is 0 Å². The lowest BCUT2D eigenvalue weighted by atomic mass is 10.1. The zero-order valence-corrected chi connectivity index (χ0v) is 12.4. The van der Waals surface area contributed by atoms with Crippen LogP contribution in [0.1, 0.15) is 44.1 Å². The maximum atomic E-state index is 5.90. The number of hydrogen-bond acceptors (Lipinski definition) is 4. The number of ether oxygens (including phenoxy) is 1. The molecule has 1 aliphatic heterocycles. The van der Waals surface area contributed by atoms with Crippen LogP contribution in [0.25, 0.3) is 0 Å². The predicted molar refractivity (Wildman–Crippen MR) is 78.5 cm³/mol. The van der Waals surface area contributed by atoms with Gasteiger partial charge in [-0.1, -0.05) is 0 Å². The summed E-state index contributed by atoms with van der Waals surface area (Å²) in [4.78, 5) is 2.46. The molecule has 2 heterocycles. The Kier molecular flexibility index (Phi) is 4.76. The Morgan fingerprint density at radius 3 is 2.65 bits per heavy atom. The van der Waals surface area contributed by atoms with Gasteiger partial charge < -0.3 is 14.5 Å². The Bertz CT molecular complexity index is 406. The number of nitrogens with one attached hydrogen (secondary N) is 1. The fourth-order valence-corrected chi connectivity index (χ4v) is 2.82. The molecular formula is C16H26N2O2. The molecule has 2 aliphatic rings. The molecule has 20 heavy (non-hydrogen) atoms. The van der Waals surface area contributed by atoms with Gasteiger partial charge in [-0.3, -0.25) is 4.90 Å². The van der Waals surface area contributed by atoms with E-state index in [0.29, 0.717) is 6.10 Å². The number of furan rings is 1. The molecule has 1 aromatic heterocycles. The molecule has 0 amide bonds. The first-order chi connectivity index (χ1) is 9.83. The molecule has 1 aliphatic carbocycles. The van der Waals surface area contributed by atoms with E-state index in [1.165, 1.54) is 12.8 Å². The predicted octanol–water partition coefficient (Wildman–Crippen LogP) is 2.53. The van der Waals surface area contributed by atoms with Crippen molar-refractivity contribution in [2.75, 3.05) is 19.7 Å². The van der Waals surface area contributed by atoms with Crippen LogP contribution in [0, 0.1) is 0 Å². The molecule has 0 atom stereocenters. The summed E-state index contributed by atoms with van der Waals surface area (Å²) in [6.45, 7) is 6.94. The molecule has 112 valence electrons. The van der Waals surface area contributed by atoms with Gasteiger partial charge in [0.1, 0.15) is 11.5 Å². The van der Waals surface area contributed by atoms with Gasteiger partial charge in [-0.15, -0.1) is 0 Å². The van der Waals surface area contributed by atoms with Crippen LogP contribution in [-0.2, 0) is 17.8 Å².